The molecule has 0 aliphatic heterocycles. The Morgan fingerprint density at radius 1 is 1.41 bits per heavy atom. The summed E-state index contributed by atoms with van der Waals surface area (Å²) in [5.74, 6) is 0.909. The summed E-state index contributed by atoms with van der Waals surface area (Å²) >= 11 is 15.8. The Morgan fingerprint density at radius 3 is 2.76 bits per heavy atom. The number of hydrogen-bond donors (Lipinski definition) is 0. The minimum absolute atomic E-state index is 0.207. The molecule has 2 unspecified atom stereocenters. The van der Waals surface area contributed by atoms with Gasteiger partial charge in [-0.1, -0.05) is 24.4 Å². The average Bonchev–Trinajstić information content (AvgIpc) is 2.29. The van der Waals surface area contributed by atoms with Gasteiger partial charge < -0.3 is 4.90 Å². The van der Waals surface area contributed by atoms with Crippen molar-refractivity contribution in [2.45, 2.75) is 37.1 Å². The molecule has 0 saturated heterocycles. The van der Waals surface area contributed by atoms with Gasteiger partial charge in [0.2, 0.25) is 0 Å². The van der Waals surface area contributed by atoms with Crippen LogP contribution in [-0.2, 0) is 0 Å². The van der Waals surface area contributed by atoms with Crippen molar-refractivity contribution in [1.29, 1.82) is 0 Å². The topological polar surface area (TPSA) is 16.1 Å². The smallest absolute Gasteiger partial charge is 0.143 e. The first kappa shape index (κ1) is 13.4. The molecule has 1 fully saturated rings. The van der Waals surface area contributed by atoms with E-state index in [2.05, 4.69) is 25.8 Å². The van der Waals surface area contributed by atoms with Crippen LogP contribution in [-0.4, -0.2) is 23.5 Å². The van der Waals surface area contributed by atoms with Crippen LogP contribution in [0.25, 0.3) is 0 Å². The number of aromatic nitrogens is 1. The molecule has 0 aromatic carbocycles. The predicted octanol–water partition coefficient (Wildman–Crippen LogP) is 4.48. The van der Waals surface area contributed by atoms with Gasteiger partial charge in [-0.15, -0.1) is 11.6 Å². The number of hydrogen-bond acceptors (Lipinski definition) is 2. The monoisotopic (exact) mass is 336 g/mol. The molecule has 0 N–H and O–H groups in total. The maximum atomic E-state index is 6.40. The molecule has 1 aromatic rings. The number of alkyl halides is 1. The van der Waals surface area contributed by atoms with E-state index < -0.39 is 0 Å². The van der Waals surface area contributed by atoms with E-state index in [-0.39, 0.29) is 5.38 Å². The molecule has 1 heterocycles. The second-order valence-corrected chi connectivity index (χ2v) is 6.29. The predicted molar refractivity (Wildman–Crippen MR) is 77.2 cm³/mol. The van der Waals surface area contributed by atoms with E-state index in [1.807, 2.05) is 13.1 Å². The van der Waals surface area contributed by atoms with Gasteiger partial charge in [-0.3, -0.25) is 0 Å². The van der Waals surface area contributed by atoms with Crippen LogP contribution in [0.3, 0.4) is 0 Å². The van der Waals surface area contributed by atoms with Gasteiger partial charge in [-0.25, -0.2) is 4.98 Å². The lowest BCUT2D eigenvalue weighted by atomic mass is 9.94. The third-order valence-electron chi connectivity index (χ3n) is 3.27. The van der Waals surface area contributed by atoms with E-state index in [4.69, 9.17) is 23.2 Å². The van der Waals surface area contributed by atoms with Crippen molar-refractivity contribution in [3.05, 3.63) is 21.8 Å². The highest BCUT2D eigenvalue weighted by atomic mass is 79.9. The van der Waals surface area contributed by atoms with E-state index in [0.717, 1.165) is 23.1 Å². The minimum atomic E-state index is 0.207. The molecule has 5 heteroatoms. The lowest BCUT2D eigenvalue weighted by molar-refractivity contribution is 0.432. The molecular weight excluding hydrogens is 323 g/mol. The maximum Gasteiger partial charge on any atom is 0.143 e. The van der Waals surface area contributed by atoms with Crippen molar-refractivity contribution in [2.75, 3.05) is 11.9 Å². The van der Waals surface area contributed by atoms with Crippen LogP contribution in [0, 0.1) is 0 Å². The summed E-state index contributed by atoms with van der Waals surface area (Å²) in [4.78, 5) is 6.54. The molecule has 1 aliphatic carbocycles. The second kappa shape index (κ2) is 5.77. The van der Waals surface area contributed by atoms with Crippen molar-refractivity contribution in [2.24, 2.45) is 0 Å². The van der Waals surface area contributed by atoms with E-state index in [9.17, 15) is 0 Å². The molecule has 17 heavy (non-hydrogen) atoms. The zero-order valence-corrected chi connectivity index (χ0v) is 12.8. The Hall–Kier alpha value is 0.01000. The first-order valence-corrected chi connectivity index (χ1v) is 7.38. The highest BCUT2D eigenvalue weighted by Crippen LogP contribution is 2.32. The summed E-state index contributed by atoms with van der Waals surface area (Å²) in [6.07, 6.45) is 6.35. The molecule has 1 saturated carbocycles. The summed E-state index contributed by atoms with van der Waals surface area (Å²) in [5.41, 5.74) is 0. The summed E-state index contributed by atoms with van der Waals surface area (Å²) in [6, 6.07) is 2.22. The molecule has 94 valence electrons. The molecular formula is C12H15BrCl2N2. The van der Waals surface area contributed by atoms with E-state index in [1.165, 1.54) is 12.8 Å². The fraction of sp³-hybridized carbons (Fsp3) is 0.583. The standard InChI is InChI=1S/C12H15BrCl2N2/c1-17(11-5-3-2-4-10(11)15)12-9(13)6-8(14)7-16-12/h6-7,10-11H,2-5H2,1H3. The lowest BCUT2D eigenvalue weighted by Crippen LogP contribution is -2.41. The summed E-state index contributed by atoms with van der Waals surface area (Å²) in [5, 5.41) is 0.846. The van der Waals surface area contributed by atoms with Gasteiger partial charge in [-0.05, 0) is 34.8 Å². The number of rotatable bonds is 2. The highest BCUT2D eigenvalue weighted by Gasteiger charge is 2.28. The van der Waals surface area contributed by atoms with E-state index in [1.54, 1.807) is 6.20 Å². The number of anilines is 1. The normalized spacial score (nSPS) is 24.7. The average molecular weight is 338 g/mol. The number of halogens is 3. The Labute approximate surface area is 120 Å². The third kappa shape index (κ3) is 3.07. The maximum absolute atomic E-state index is 6.40. The largest absolute Gasteiger partial charge is 0.354 e. The fourth-order valence-corrected chi connectivity index (χ4v) is 3.69. The van der Waals surface area contributed by atoms with Gasteiger partial charge in [0.25, 0.3) is 0 Å². The molecule has 0 amide bonds. The van der Waals surface area contributed by atoms with Gasteiger partial charge in [0.1, 0.15) is 5.82 Å². The minimum Gasteiger partial charge on any atom is -0.354 e. The van der Waals surface area contributed by atoms with Crippen LogP contribution in [0.1, 0.15) is 25.7 Å². The van der Waals surface area contributed by atoms with Gasteiger partial charge in [0.05, 0.1) is 14.9 Å². The van der Waals surface area contributed by atoms with E-state index >= 15 is 0 Å². The summed E-state index contributed by atoms with van der Waals surface area (Å²) in [6.45, 7) is 0. The van der Waals surface area contributed by atoms with Gasteiger partial charge in [0, 0.05) is 19.3 Å². The highest BCUT2D eigenvalue weighted by molar-refractivity contribution is 9.10. The van der Waals surface area contributed by atoms with Crippen LogP contribution >= 0.6 is 39.1 Å². The van der Waals surface area contributed by atoms with Gasteiger partial charge in [0.15, 0.2) is 0 Å². The molecule has 1 aromatic heterocycles. The van der Waals surface area contributed by atoms with Crippen molar-refractivity contribution in [3.63, 3.8) is 0 Å². The number of nitrogens with zero attached hydrogens (tertiary/aromatic N) is 2. The van der Waals surface area contributed by atoms with Gasteiger partial charge in [-0.2, -0.15) is 0 Å². The Balaban J connectivity index is 2.20. The van der Waals surface area contributed by atoms with Crippen molar-refractivity contribution in [1.82, 2.24) is 4.98 Å². The summed E-state index contributed by atoms with van der Waals surface area (Å²) < 4.78 is 0.918. The molecule has 0 bridgehead atoms. The summed E-state index contributed by atoms with van der Waals surface area (Å²) in [7, 11) is 2.05. The molecule has 1 aliphatic rings. The van der Waals surface area contributed by atoms with Crippen LogP contribution in [0.4, 0.5) is 5.82 Å². The SMILES string of the molecule is CN(c1ncc(Cl)cc1Br)C1CCCCC1Cl. The molecule has 0 radical (unpaired) electrons. The van der Waals surface area contributed by atoms with Crippen LogP contribution in [0.15, 0.2) is 16.7 Å². The zero-order valence-electron chi connectivity index (χ0n) is 9.67. The van der Waals surface area contributed by atoms with Crippen LogP contribution in [0.2, 0.25) is 5.02 Å². The Morgan fingerprint density at radius 2 is 2.12 bits per heavy atom. The zero-order chi connectivity index (χ0) is 12.4. The lowest BCUT2D eigenvalue weighted by Gasteiger charge is -2.36. The fourth-order valence-electron chi connectivity index (χ4n) is 2.33. The van der Waals surface area contributed by atoms with Crippen molar-refractivity contribution >= 4 is 44.9 Å². The first-order valence-electron chi connectivity index (χ1n) is 5.77. The Bertz CT molecular complexity index is 400. The van der Waals surface area contributed by atoms with Gasteiger partial charge >= 0.3 is 0 Å². The molecule has 2 atom stereocenters. The molecule has 2 nitrogen and oxygen atoms in total. The molecule has 0 spiro atoms. The second-order valence-electron chi connectivity index (χ2n) is 4.44. The van der Waals surface area contributed by atoms with Crippen LogP contribution < -0.4 is 4.90 Å². The third-order valence-corrected chi connectivity index (χ3v) is 4.57. The molecule has 2 rings (SSSR count). The van der Waals surface area contributed by atoms with Crippen molar-refractivity contribution in [3.8, 4) is 0 Å². The Kier molecular flexibility index (Phi) is 4.56. The first-order chi connectivity index (χ1) is 8.09. The quantitative estimate of drug-likeness (QED) is 0.739. The number of pyridine rings is 1. The van der Waals surface area contributed by atoms with Crippen molar-refractivity contribution < 1.29 is 0 Å². The van der Waals surface area contributed by atoms with Crippen LogP contribution in [0.5, 0.6) is 0 Å². The van der Waals surface area contributed by atoms with E-state index in [0.29, 0.717) is 11.1 Å².